The van der Waals surface area contributed by atoms with Gasteiger partial charge in [-0.3, -0.25) is 9.59 Å². The molecule has 1 heterocycles. The van der Waals surface area contributed by atoms with Gasteiger partial charge in [-0.05, 0) is 40.8 Å². The first kappa shape index (κ1) is 9.64. The van der Waals surface area contributed by atoms with Crippen LogP contribution >= 0.6 is 22.6 Å². The summed E-state index contributed by atoms with van der Waals surface area (Å²) in [5.74, 6) is -0.106. The van der Waals surface area contributed by atoms with Gasteiger partial charge in [0.2, 0.25) is 5.91 Å². The maximum atomic E-state index is 11.4. The standard InChI is InChI=1S/C10H8INO2/c11-7-2-1-3-8(4-7)12-6-9(13)5-10(12)14/h1-4H,5-6H2. The number of hydrogen-bond acceptors (Lipinski definition) is 2. The van der Waals surface area contributed by atoms with Crippen molar-refractivity contribution in [3.8, 4) is 0 Å². The van der Waals surface area contributed by atoms with E-state index in [1.54, 1.807) is 0 Å². The van der Waals surface area contributed by atoms with Gasteiger partial charge < -0.3 is 4.90 Å². The van der Waals surface area contributed by atoms with E-state index in [1.807, 2.05) is 24.3 Å². The van der Waals surface area contributed by atoms with Crippen LogP contribution in [-0.4, -0.2) is 18.2 Å². The summed E-state index contributed by atoms with van der Waals surface area (Å²) in [6, 6.07) is 7.58. The van der Waals surface area contributed by atoms with Crippen molar-refractivity contribution in [3.63, 3.8) is 0 Å². The van der Waals surface area contributed by atoms with E-state index in [-0.39, 0.29) is 24.7 Å². The summed E-state index contributed by atoms with van der Waals surface area (Å²) in [5.41, 5.74) is 0.813. The molecule has 1 aromatic carbocycles. The van der Waals surface area contributed by atoms with Gasteiger partial charge in [-0.1, -0.05) is 6.07 Å². The number of Topliss-reactive ketones (excluding diaryl/α,β-unsaturated/α-hetero) is 1. The molecule has 0 bridgehead atoms. The minimum absolute atomic E-state index is 0.00568. The molecule has 72 valence electrons. The molecule has 1 aromatic rings. The van der Waals surface area contributed by atoms with E-state index < -0.39 is 0 Å². The predicted octanol–water partition coefficient (Wildman–Crippen LogP) is 1.60. The summed E-state index contributed by atoms with van der Waals surface area (Å²) in [6.45, 7) is 0.221. The Morgan fingerprint density at radius 2 is 2.07 bits per heavy atom. The number of hydrogen-bond donors (Lipinski definition) is 0. The fraction of sp³-hybridized carbons (Fsp3) is 0.200. The monoisotopic (exact) mass is 301 g/mol. The van der Waals surface area contributed by atoms with Crippen LogP contribution in [-0.2, 0) is 9.59 Å². The zero-order valence-electron chi connectivity index (χ0n) is 7.37. The molecule has 1 aliphatic rings. The number of ketones is 1. The molecule has 1 amide bonds. The first-order valence-corrected chi connectivity index (χ1v) is 5.32. The quantitative estimate of drug-likeness (QED) is 0.583. The molecule has 14 heavy (non-hydrogen) atoms. The van der Waals surface area contributed by atoms with Crippen LogP contribution in [0.5, 0.6) is 0 Å². The molecule has 1 saturated heterocycles. The number of carbonyl (C=O) groups excluding carboxylic acids is 2. The molecule has 0 N–H and O–H groups in total. The van der Waals surface area contributed by atoms with Gasteiger partial charge in [0.25, 0.3) is 0 Å². The smallest absolute Gasteiger partial charge is 0.234 e. The minimum atomic E-state index is -0.1000. The molecule has 0 radical (unpaired) electrons. The van der Waals surface area contributed by atoms with Gasteiger partial charge >= 0.3 is 0 Å². The maximum Gasteiger partial charge on any atom is 0.234 e. The average Bonchev–Trinajstić information content (AvgIpc) is 2.45. The van der Waals surface area contributed by atoms with Crippen molar-refractivity contribution in [1.82, 2.24) is 0 Å². The van der Waals surface area contributed by atoms with Crippen molar-refractivity contribution < 1.29 is 9.59 Å². The normalized spacial score (nSPS) is 16.5. The van der Waals surface area contributed by atoms with Gasteiger partial charge in [-0.15, -0.1) is 0 Å². The van der Waals surface area contributed by atoms with E-state index in [4.69, 9.17) is 0 Å². The first-order valence-electron chi connectivity index (χ1n) is 4.24. The predicted molar refractivity (Wildman–Crippen MR) is 61.1 cm³/mol. The largest absolute Gasteiger partial charge is 0.305 e. The number of rotatable bonds is 1. The van der Waals surface area contributed by atoms with E-state index in [1.165, 1.54) is 4.90 Å². The highest BCUT2D eigenvalue weighted by molar-refractivity contribution is 14.1. The Labute approximate surface area is 95.2 Å². The number of nitrogens with zero attached hydrogens (tertiary/aromatic N) is 1. The number of anilines is 1. The second-order valence-corrected chi connectivity index (χ2v) is 4.42. The Morgan fingerprint density at radius 1 is 1.29 bits per heavy atom. The summed E-state index contributed by atoms with van der Waals surface area (Å²) in [6.07, 6.45) is 0.0471. The summed E-state index contributed by atoms with van der Waals surface area (Å²) in [7, 11) is 0. The molecular formula is C10H8INO2. The second-order valence-electron chi connectivity index (χ2n) is 3.18. The molecule has 0 saturated carbocycles. The van der Waals surface area contributed by atoms with Crippen molar-refractivity contribution >= 4 is 40.0 Å². The minimum Gasteiger partial charge on any atom is -0.305 e. The molecule has 0 unspecified atom stereocenters. The Morgan fingerprint density at radius 3 is 2.64 bits per heavy atom. The molecule has 1 aliphatic heterocycles. The third-order valence-corrected chi connectivity index (χ3v) is 2.77. The fourth-order valence-corrected chi connectivity index (χ4v) is 1.99. The van der Waals surface area contributed by atoms with Crippen LogP contribution in [0, 0.1) is 3.57 Å². The fourth-order valence-electron chi connectivity index (χ4n) is 1.46. The summed E-state index contributed by atoms with van der Waals surface area (Å²) in [5, 5.41) is 0. The molecule has 0 atom stereocenters. The number of amides is 1. The Kier molecular flexibility index (Phi) is 2.54. The summed E-state index contributed by atoms with van der Waals surface area (Å²) >= 11 is 2.18. The van der Waals surface area contributed by atoms with E-state index in [9.17, 15) is 9.59 Å². The van der Waals surface area contributed by atoms with Crippen LogP contribution in [0.2, 0.25) is 0 Å². The van der Waals surface area contributed by atoms with Crippen LogP contribution in [0.4, 0.5) is 5.69 Å². The zero-order chi connectivity index (χ0) is 10.1. The van der Waals surface area contributed by atoms with Gasteiger partial charge in [0, 0.05) is 9.26 Å². The van der Waals surface area contributed by atoms with Crippen LogP contribution in [0.15, 0.2) is 24.3 Å². The van der Waals surface area contributed by atoms with Crippen molar-refractivity contribution in [1.29, 1.82) is 0 Å². The lowest BCUT2D eigenvalue weighted by atomic mass is 10.3. The van der Waals surface area contributed by atoms with Crippen molar-refractivity contribution in [2.75, 3.05) is 11.4 Å². The number of halogens is 1. The molecular weight excluding hydrogens is 293 g/mol. The topological polar surface area (TPSA) is 37.4 Å². The molecule has 0 spiro atoms. The molecule has 2 rings (SSSR count). The zero-order valence-corrected chi connectivity index (χ0v) is 9.52. The molecule has 1 fully saturated rings. The lowest BCUT2D eigenvalue weighted by Crippen LogP contribution is -2.24. The summed E-state index contributed by atoms with van der Waals surface area (Å²) in [4.78, 5) is 24.0. The SMILES string of the molecule is O=C1CC(=O)N(c2cccc(I)c2)C1. The van der Waals surface area contributed by atoms with E-state index in [0.29, 0.717) is 0 Å². The van der Waals surface area contributed by atoms with Crippen LogP contribution in [0.25, 0.3) is 0 Å². The van der Waals surface area contributed by atoms with Crippen molar-refractivity contribution in [3.05, 3.63) is 27.8 Å². The van der Waals surface area contributed by atoms with Gasteiger partial charge in [0.05, 0.1) is 13.0 Å². The number of benzene rings is 1. The summed E-state index contributed by atoms with van der Waals surface area (Å²) < 4.78 is 1.06. The Balaban J connectivity index is 2.31. The molecule has 0 aromatic heterocycles. The van der Waals surface area contributed by atoms with Crippen molar-refractivity contribution in [2.24, 2.45) is 0 Å². The highest BCUT2D eigenvalue weighted by atomic mass is 127. The van der Waals surface area contributed by atoms with Crippen LogP contribution in [0.1, 0.15) is 6.42 Å². The first-order chi connectivity index (χ1) is 6.66. The van der Waals surface area contributed by atoms with Gasteiger partial charge in [-0.25, -0.2) is 0 Å². The second kappa shape index (κ2) is 3.68. The van der Waals surface area contributed by atoms with Crippen molar-refractivity contribution in [2.45, 2.75) is 6.42 Å². The average molecular weight is 301 g/mol. The number of carbonyl (C=O) groups is 2. The maximum absolute atomic E-state index is 11.4. The molecule has 3 nitrogen and oxygen atoms in total. The van der Waals surface area contributed by atoms with Crippen LogP contribution < -0.4 is 4.90 Å². The highest BCUT2D eigenvalue weighted by Gasteiger charge is 2.28. The molecule has 4 heteroatoms. The highest BCUT2D eigenvalue weighted by Crippen LogP contribution is 2.21. The molecule has 0 aliphatic carbocycles. The van der Waals surface area contributed by atoms with E-state index in [2.05, 4.69) is 22.6 Å². The Hall–Kier alpha value is -0.910. The third kappa shape index (κ3) is 1.79. The van der Waals surface area contributed by atoms with E-state index >= 15 is 0 Å². The van der Waals surface area contributed by atoms with Crippen LogP contribution in [0.3, 0.4) is 0 Å². The van der Waals surface area contributed by atoms with Gasteiger partial charge in [0.1, 0.15) is 0 Å². The van der Waals surface area contributed by atoms with Gasteiger partial charge in [-0.2, -0.15) is 0 Å². The lowest BCUT2D eigenvalue weighted by Gasteiger charge is -2.14. The lowest BCUT2D eigenvalue weighted by molar-refractivity contribution is -0.121. The third-order valence-electron chi connectivity index (χ3n) is 2.10. The Bertz CT molecular complexity index is 403. The van der Waals surface area contributed by atoms with Gasteiger partial charge in [0.15, 0.2) is 5.78 Å². The van der Waals surface area contributed by atoms with E-state index in [0.717, 1.165) is 9.26 Å².